The molecule has 0 spiro atoms. The summed E-state index contributed by atoms with van der Waals surface area (Å²) in [6.07, 6.45) is 3.12. The van der Waals surface area contributed by atoms with E-state index >= 15 is 0 Å². The first kappa shape index (κ1) is 18.4. The van der Waals surface area contributed by atoms with Gasteiger partial charge in [-0.1, -0.05) is 18.2 Å². The number of aromatic hydroxyl groups is 1. The number of rotatable bonds is 6. The minimum Gasteiger partial charge on any atom is -0.508 e. The van der Waals surface area contributed by atoms with Crippen LogP contribution in [0.5, 0.6) is 5.75 Å². The van der Waals surface area contributed by atoms with Crippen molar-refractivity contribution in [3.8, 4) is 11.4 Å². The summed E-state index contributed by atoms with van der Waals surface area (Å²) >= 11 is 0. The van der Waals surface area contributed by atoms with Crippen molar-refractivity contribution >= 4 is 11.7 Å². The van der Waals surface area contributed by atoms with Gasteiger partial charge in [0, 0.05) is 11.7 Å². The van der Waals surface area contributed by atoms with E-state index in [1.807, 2.05) is 44.2 Å². The van der Waals surface area contributed by atoms with Gasteiger partial charge in [-0.3, -0.25) is 0 Å². The zero-order chi connectivity index (χ0) is 19.2. The van der Waals surface area contributed by atoms with Crippen LogP contribution in [0.25, 0.3) is 5.69 Å². The first-order valence-corrected chi connectivity index (χ1v) is 8.70. The molecule has 0 saturated heterocycles. The lowest BCUT2D eigenvalue weighted by Gasteiger charge is -2.15. The Hall–Kier alpha value is -3.42. The largest absolute Gasteiger partial charge is 0.508 e. The normalized spacial score (nSPS) is 11.8. The summed E-state index contributed by atoms with van der Waals surface area (Å²) in [6.45, 7) is 3.91. The Kier molecular flexibility index (Phi) is 5.65. The van der Waals surface area contributed by atoms with Gasteiger partial charge in [-0.25, -0.2) is 9.48 Å². The molecule has 0 fully saturated rings. The number of amides is 2. The minimum absolute atomic E-state index is 0.00300. The second-order valence-corrected chi connectivity index (χ2v) is 6.46. The Morgan fingerprint density at radius 1 is 1.22 bits per heavy atom. The molecule has 0 aliphatic heterocycles. The van der Waals surface area contributed by atoms with Crippen molar-refractivity contribution < 1.29 is 9.90 Å². The van der Waals surface area contributed by atoms with Gasteiger partial charge >= 0.3 is 6.03 Å². The van der Waals surface area contributed by atoms with Crippen LogP contribution >= 0.6 is 0 Å². The molecule has 0 saturated carbocycles. The molecule has 0 aliphatic carbocycles. The molecule has 1 heterocycles. The highest BCUT2D eigenvalue weighted by molar-refractivity contribution is 5.89. The maximum absolute atomic E-state index is 12.3. The molecule has 0 bridgehead atoms. The van der Waals surface area contributed by atoms with Crippen molar-refractivity contribution in [2.75, 3.05) is 5.32 Å². The summed E-state index contributed by atoms with van der Waals surface area (Å²) < 4.78 is 1.55. The molecule has 3 N–H and O–H groups in total. The van der Waals surface area contributed by atoms with E-state index in [0.717, 1.165) is 29.7 Å². The molecule has 0 radical (unpaired) electrons. The summed E-state index contributed by atoms with van der Waals surface area (Å²) in [5, 5.41) is 26.3. The molecule has 3 rings (SSSR count). The summed E-state index contributed by atoms with van der Waals surface area (Å²) in [6, 6.07) is 12.4. The van der Waals surface area contributed by atoms with Crippen molar-refractivity contribution in [3.63, 3.8) is 0 Å². The molecule has 8 heteroatoms. The molecule has 140 valence electrons. The number of aromatic nitrogens is 4. The molecule has 8 nitrogen and oxygen atoms in total. The topological polar surface area (TPSA) is 105 Å². The SMILES string of the molecule is Cc1ccc(NC(=O)NC(C)CCc2ccc(O)cc2)cc1-n1cnnn1. The summed E-state index contributed by atoms with van der Waals surface area (Å²) in [7, 11) is 0. The molecule has 1 unspecified atom stereocenters. The van der Waals surface area contributed by atoms with Crippen molar-refractivity contribution in [1.29, 1.82) is 0 Å². The number of tetrazole rings is 1. The number of benzene rings is 2. The van der Waals surface area contributed by atoms with Gasteiger partial charge in [0.1, 0.15) is 12.1 Å². The van der Waals surface area contributed by atoms with Crippen LogP contribution in [0, 0.1) is 6.92 Å². The predicted molar refractivity (Wildman–Crippen MR) is 102 cm³/mol. The molecular formula is C19H22N6O2. The number of carbonyl (C=O) groups is 1. The second-order valence-electron chi connectivity index (χ2n) is 6.46. The van der Waals surface area contributed by atoms with Crippen LogP contribution in [0.2, 0.25) is 0 Å². The third kappa shape index (κ3) is 5.04. The van der Waals surface area contributed by atoms with Crippen LogP contribution in [-0.2, 0) is 6.42 Å². The fourth-order valence-electron chi connectivity index (χ4n) is 2.71. The first-order chi connectivity index (χ1) is 13.0. The second kappa shape index (κ2) is 8.31. The molecule has 2 aromatic carbocycles. The zero-order valence-corrected chi connectivity index (χ0v) is 15.3. The van der Waals surface area contributed by atoms with E-state index in [0.29, 0.717) is 5.69 Å². The lowest BCUT2D eigenvalue weighted by molar-refractivity contribution is 0.248. The number of anilines is 1. The van der Waals surface area contributed by atoms with Crippen LogP contribution in [0.1, 0.15) is 24.5 Å². The molecule has 0 aliphatic rings. The molecule has 1 aromatic heterocycles. The maximum atomic E-state index is 12.3. The zero-order valence-electron chi connectivity index (χ0n) is 15.3. The van der Waals surface area contributed by atoms with Crippen molar-refractivity contribution in [3.05, 3.63) is 59.9 Å². The average molecular weight is 366 g/mol. The Balaban J connectivity index is 1.54. The van der Waals surface area contributed by atoms with Gasteiger partial charge in [0.2, 0.25) is 0 Å². The number of phenolic OH excluding ortho intramolecular Hbond substituents is 1. The monoisotopic (exact) mass is 366 g/mol. The number of hydrogen-bond acceptors (Lipinski definition) is 5. The number of nitrogens with zero attached hydrogens (tertiary/aromatic N) is 4. The van der Waals surface area contributed by atoms with Crippen LogP contribution < -0.4 is 10.6 Å². The van der Waals surface area contributed by atoms with Gasteiger partial charge in [0.15, 0.2) is 0 Å². The van der Waals surface area contributed by atoms with Crippen LogP contribution in [0.3, 0.4) is 0 Å². The smallest absolute Gasteiger partial charge is 0.319 e. The summed E-state index contributed by atoms with van der Waals surface area (Å²) in [5.41, 5.74) is 3.58. The van der Waals surface area contributed by atoms with E-state index in [4.69, 9.17) is 0 Å². The van der Waals surface area contributed by atoms with Gasteiger partial charge in [0.05, 0.1) is 5.69 Å². The fourth-order valence-corrected chi connectivity index (χ4v) is 2.71. The third-order valence-corrected chi connectivity index (χ3v) is 4.24. The molecular weight excluding hydrogens is 344 g/mol. The van der Waals surface area contributed by atoms with E-state index in [9.17, 15) is 9.90 Å². The standard InChI is InChI=1S/C19H22N6O2/c1-13-3-8-16(11-18(13)25-12-20-23-24-25)22-19(27)21-14(2)4-5-15-6-9-17(26)10-7-15/h3,6-12,14,26H,4-5H2,1-2H3,(H2,21,22,27). The number of carbonyl (C=O) groups excluding carboxylic acids is 1. The number of aryl methyl sites for hydroxylation is 2. The van der Waals surface area contributed by atoms with Crippen LogP contribution in [-0.4, -0.2) is 37.4 Å². The van der Waals surface area contributed by atoms with E-state index in [-0.39, 0.29) is 17.8 Å². The Bertz CT molecular complexity index is 893. The van der Waals surface area contributed by atoms with E-state index in [1.54, 1.807) is 16.8 Å². The number of nitrogens with one attached hydrogen (secondary N) is 2. The average Bonchev–Trinajstić information content (AvgIpc) is 3.17. The number of hydrogen-bond donors (Lipinski definition) is 3. The molecule has 2 amide bonds. The van der Waals surface area contributed by atoms with E-state index in [1.165, 1.54) is 6.33 Å². The molecule has 3 aromatic rings. The lowest BCUT2D eigenvalue weighted by atomic mass is 10.1. The first-order valence-electron chi connectivity index (χ1n) is 8.70. The third-order valence-electron chi connectivity index (χ3n) is 4.24. The van der Waals surface area contributed by atoms with Gasteiger partial charge in [-0.2, -0.15) is 0 Å². The van der Waals surface area contributed by atoms with Crippen molar-refractivity contribution in [1.82, 2.24) is 25.5 Å². The molecule has 27 heavy (non-hydrogen) atoms. The Morgan fingerprint density at radius 2 is 2.00 bits per heavy atom. The Labute approximate surface area is 157 Å². The van der Waals surface area contributed by atoms with Crippen molar-refractivity contribution in [2.24, 2.45) is 0 Å². The van der Waals surface area contributed by atoms with Crippen molar-refractivity contribution in [2.45, 2.75) is 32.7 Å². The van der Waals surface area contributed by atoms with Gasteiger partial charge in [-0.15, -0.1) is 5.10 Å². The minimum atomic E-state index is -0.264. The lowest BCUT2D eigenvalue weighted by Crippen LogP contribution is -2.36. The predicted octanol–water partition coefficient (Wildman–Crippen LogP) is 2.82. The van der Waals surface area contributed by atoms with Crippen LogP contribution in [0.15, 0.2) is 48.8 Å². The number of urea groups is 1. The van der Waals surface area contributed by atoms with Gasteiger partial charge in [-0.05, 0) is 72.5 Å². The highest BCUT2D eigenvalue weighted by Crippen LogP contribution is 2.18. The van der Waals surface area contributed by atoms with E-state index < -0.39 is 0 Å². The number of phenols is 1. The highest BCUT2D eigenvalue weighted by atomic mass is 16.3. The van der Waals surface area contributed by atoms with Crippen LogP contribution in [0.4, 0.5) is 10.5 Å². The summed E-state index contributed by atoms with van der Waals surface area (Å²) in [5.74, 6) is 0.253. The maximum Gasteiger partial charge on any atom is 0.319 e. The Morgan fingerprint density at radius 3 is 2.70 bits per heavy atom. The van der Waals surface area contributed by atoms with Gasteiger partial charge in [0.25, 0.3) is 0 Å². The fraction of sp³-hybridized carbons (Fsp3) is 0.263. The van der Waals surface area contributed by atoms with Gasteiger partial charge < -0.3 is 15.7 Å². The van der Waals surface area contributed by atoms with E-state index in [2.05, 4.69) is 26.2 Å². The highest BCUT2D eigenvalue weighted by Gasteiger charge is 2.10. The summed E-state index contributed by atoms with van der Waals surface area (Å²) in [4.78, 5) is 12.3. The molecule has 1 atom stereocenters. The quantitative estimate of drug-likeness (QED) is 0.622.